The largest absolute Gasteiger partial charge is 0.281 e. The average Bonchev–Trinajstić information content (AvgIpc) is 2.99. The Morgan fingerprint density at radius 1 is 0.625 bits per heavy atom. The standard InChI is InChI=1S/C14H8Cl4N2O4/c15-9-7-8(10(16)12(18)11(9)17)14(24)20(13(7)23)4-3-19-5(21)1-2-6(19)22/h1-4H2. The maximum absolute atomic E-state index is 12.5. The van der Waals surface area contributed by atoms with Crippen LogP contribution in [0, 0.1) is 0 Å². The third kappa shape index (κ3) is 2.49. The lowest BCUT2D eigenvalue weighted by Gasteiger charge is -2.18. The number of benzene rings is 1. The Morgan fingerprint density at radius 3 is 1.42 bits per heavy atom. The van der Waals surface area contributed by atoms with Crippen molar-refractivity contribution in [1.29, 1.82) is 0 Å². The Labute approximate surface area is 156 Å². The summed E-state index contributed by atoms with van der Waals surface area (Å²) in [7, 11) is 0. The molecule has 0 aliphatic carbocycles. The van der Waals surface area contributed by atoms with Gasteiger partial charge in [0.15, 0.2) is 0 Å². The first-order valence-corrected chi connectivity index (χ1v) is 8.32. The molecule has 0 radical (unpaired) electrons. The van der Waals surface area contributed by atoms with Crippen molar-refractivity contribution < 1.29 is 19.2 Å². The van der Waals surface area contributed by atoms with Gasteiger partial charge in [-0.05, 0) is 0 Å². The molecule has 2 aliphatic rings. The molecule has 1 aromatic carbocycles. The summed E-state index contributed by atoms with van der Waals surface area (Å²) in [5.41, 5.74) is -0.250. The highest BCUT2D eigenvalue weighted by Gasteiger charge is 2.42. The van der Waals surface area contributed by atoms with Crippen LogP contribution in [0.2, 0.25) is 20.1 Å². The van der Waals surface area contributed by atoms with E-state index < -0.39 is 11.8 Å². The molecule has 1 fully saturated rings. The number of likely N-dealkylation sites (tertiary alicyclic amines) is 1. The fourth-order valence-corrected chi connectivity index (χ4v) is 3.69. The van der Waals surface area contributed by atoms with Gasteiger partial charge in [0.1, 0.15) is 0 Å². The molecule has 10 heteroatoms. The number of hydrogen-bond donors (Lipinski definition) is 0. The van der Waals surface area contributed by atoms with Crippen LogP contribution in [0.3, 0.4) is 0 Å². The zero-order chi connectivity index (χ0) is 17.8. The molecule has 0 bridgehead atoms. The quantitative estimate of drug-likeness (QED) is 0.436. The molecule has 0 unspecified atom stereocenters. The topological polar surface area (TPSA) is 74.8 Å². The van der Waals surface area contributed by atoms with Gasteiger partial charge in [-0.3, -0.25) is 29.0 Å². The number of carbonyl (C=O) groups is 4. The Bertz CT molecular complexity index is 761. The van der Waals surface area contributed by atoms with Crippen LogP contribution in [-0.4, -0.2) is 46.5 Å². The minimum atomic E-state index is -0.695. The van der Waals surface area contributed by atoms with Gasteiger partial charge in [-0.2, -0.15) is 0 Å². The molecule has 3 rings (SSSR count). The lowest BCUT2D eigenvalue weighted by molar-refractivity contribution is -0.138. The molecule has 0 aromatic heterocycles. The van der Waals surface area contributed by atoms with Gasteiger partial charge in [-0.1, -0.05) is 46.4 Å². The minimum absolute atomic E-state index is 0.0835. The summed E-state index contributed by atoms with van der Waals surface area (Å²) in [5.74, 6) is -2.06. The maximum Gasteiger partial charge on any atom is 0.263 e. The van der Waals surface area contributed by atoms with Gasteiger partial charge < -0.3 is 0 Å². The van der Waals surface area contributed by atoms with E-state index >= 15 is 0 Å². The van der Waals surface area contributed by atoms with E-state index in [-0.39, 0.29) is 69.0 Å². The number of nitrogens with zero attached hydrogens (tertiary/aromatic N) is 2. The monoisotopic (exact) mass is 408 g/mol. The summed E-state index contributed by atoms with van der Waals surface area (Å²) in [5, 5.41) is -0.546. The zero-order valence-electron chi connectivity index (χ0n) is 11.9. The highest BCUT2D eigenvalue weighted by Crippen LogP contribution is 2.44. The van der Waals surface area contributed by atoms with E-state index in [2.05, 4.69) is 0 Å². The number of carbonyl (C=O) groups excluding carboxylic acids is 4. The van der Waals surface area contributed by atoms with Crippen molar-refractivity contribution >= 4 is 70.0 Å². The van der Waals surface area contributed by atoms with Crippen LogP contribution in [0.1, 0.15) is 33.6 Å². The number of rotatable bonds is 3. The second-order valence-electron chi connectivity index (χ2n) is 5.21. The number of imide groups is 2. The van der Waals surface area contributed by atoms with Crippen LogP contribution in [0.4, 0.5) is 0 Å². The van der Waals surface area contributed by atoms with Gasteiger partial charge >= 0.3 is 0 Å². The van der Waals surface area contributed by atoms with E-state index in [1.54, 1.807) is 0 Å². The fourth-order valence-electron chi connectivity index (χ4n) is 2.67. The molecule has 0 atom stereocenters. The van der Waals surface area contributed by atoms with E-state index in [1.165, 1.54) is 0 Å². The first-order valence-electron chi connectivity index (χ1n) is 6.81. The van der Waals surface area contributed by atoms with Crippen LogP contribution in [0.25, 0.3) is 0 Å². The SMILES string of the molecule is O=C1CCC(=O)N1CCN1C(=O)c2c(Cl)c(Cl)c(Cl)c(Cl)c2C1=O. The summed E-state index contributed by atoms with van der Waals surface area (Å²) in [4.78, 5) is 50.1. The Kier molecular flexibility index (Phi) is 4.51. The average molecular weight is 410 g/mol. The second-order valence-corrected chi connectivity index (χ2v) is 6.72. The van der Waals surface area contributed by atoms with E-state index in [9.17, 15) is 19.2 Å². The molecule has 2 aliphatic heterocycles. The van der Waals surface area contributed by atoms with Crippen molar-refractivity contribution in [3.8, 4) is 0 Å². The normalized spacial score (nSPS) is 17.3. The third-order valence-corrected chi connectivity index (χ3v) is 5.69. The van der Waals surface area contributed by atoms with E-state index in [0.29, 0.717) is 0 Å². The summed E-state index contributed by atoms with van der Waals surface area (Å²) >= 11 is 23.9. The smallest absolute Gasteiger partial charge is 0.263 e. The molecular weight excluding hydrogens is 402 g/mol. The molecular formula is C14H8Cl4N2O4. The summed E-state index contributed by atoms with van der Waals surface area (Å²) in [6, 6.07) is 0. The van der Waals surface area contributed by atoms with Gasteiger partial charge in [0.05, 0.1) is 31.2 Å². The number of fused-ring (bicyclic) bond motifs is 1. The molecule has 126 valence electrons. The summed E-state index contributed by atoms with van der Waals surface area (Å²) < 4.78 is 0. The van der Waals surface area contributed by atoms with Crippen molar-refractivity contribution in [2.75, 3.05) is 13.1 Å². The molecule has 0 spiro atoms. The number of hydrogen-bond acceptors (Lipinski definition) is 4. The Morgan fingerprint density at radius 2 is 1.00 bits per heavy atom. The molecule has 24 heavy (non-hydrogen) atoms. The van der Waals surface area contributed by atoms with E-state index in [4.69, 9.17) is 46.4 Å². The minimum Gasteiger partial charge on any atom is -0.281 e. The first-order chi connectivity index (χ1) is 11.3. The fraction of sp³-hybridized carbons (Fsp3) is 0.286. The van der Waals surface area contributed by atoms with Crippen LogP contribution < -0.4 is 0 Å². The van der Waals surface area contributed by atoms with E-state index in [1.807, 2.05) is 0 Å². The first kappa shape index (κ1) is 17.5. The lowest BCUT2D eigenvalue weighted by Crippen LogP contribution is -2.40. The predicted molar refractivity (Wildman–Crippen MR) is 87.8 cm³/mol. The molecule has 4 amide bonds. The summed E-state index contributed by atoms with van der Waals surface area (Å²) in [6.45, 7) is -0.244. The highest BCUT2D eigenvalue weighted by molar-refractivity contribution is 6.55. The molecule has 2 heterocycles. The second kappa shape index (κ2) is 6.19. The van der Waals surface area contributed by atoms with Crippen molar-refractivity contribution in [3.63, 3.8) is 0 Å². The predicted octanol–water partition coefficient (Wildman–Crippen LogP) is 3.05. The van der Waals surface area contributed by atoms with Gasteiger partial charge in [-0.25, -0.2) is 0 Å². The van der Waals surface area contributed by atoms with Crippen LogP contribution in [0.15, 0.2) is 0 Å². The van der Waals surface area contributed by atoms with Crippen molar-refractivity contribution in [2.45, 2.75) is 12.8 Å². The van der Waals surface area contributed by atoms with Crippen molar-refractivity contribution in [2.24, 2.45) is 0 Å². The van der Waals surface area contributed by atoms with Gasteiger partial charge in [0.25, 0.3) is 11.8 Å². The lowest BCUT2D eigenvalue weighted by atomic mass is 10.1. The van der Waals surface area contributed by atoms with Gasteiger partial charge in [0.2, 0.25) is 11.8 Å². The van der Waals surface area contributed by atoms with Crippen LogP contribution >= 0.6 is 46.4 Å². The van der Waals surface area contributed by atoms with Gasteiger partial charge in [0, 0.05) is 25.9 Å². The molecule has 6 nitrogen and oxygen atoms in total. The van der Waals surface area contributed by atoms with Crippen LogP contribution in [0.5, 0.6) is 0 Å². The summed E-state index contributed by atoms with van der Waals surface area (Å²) in [6.07, 6.45) is 0.258. The van der Waals surface area contributed by atoms with Gasteiger partial charge in [-0.15, -0.1) is 0 Å². The number of amides is 4. The van der Waals surface area contributed by atoms with Crippen molar-refractivity contribution in [3.05, 3.63) is 31.2 Å². The highest BCUT2D eigenvalue weighted by atomic mass is 35.5. The molecule has 1 saturated heterocycles. The van der Waals surface area contributed by atoms with E-state index in [0.717, 1.165) is 9.80 Å². The zero-order valence-corrected chi connectivity index (χ0v) is 14.9. The number of halogens is 4. The third-order valence-electron chi connectivity index (χ3n) is 3.89. The molecule has 1 aromatic rings. The Hall–Kier alpha value is -1.34. The van der Waals surface area contributed by atoms with Crippen LogP contribution in [-0.2, 0) is 9.59 Å². The molecule has 0 N–H and O–H groups in total. The molecule has 0 saturated carbocycles. The Balaban J connectivity index is 1.91. The van der Waals surface area contributed by atoms with Crippen molar-refractivity contribution in [1.82, 2.24) is 9.80 Å². The maximum atomic E-state index is 12.5.